The number of piperazine rings is 1. The van der Waals surface area contributed by atoms with Gasteiger partial charge in [-0.15, -0.1) is 0 Å². The minimum atomic E-state index is -0.438. The van der Waals surface area contributed by atoms with E-state index in [1.54, 1.807) is 0 Å². The van der Waals surface area contributed by atoms with E-state index in [1.807, 2.05) is 60.9 Å². The number of piperidine rings is 1. The molecule has 0 atom stereocenters. The highest BCUT2D eigenvalue weighted by molar-refractivity contribution is 5.68. The van der Waals surface area contributed by atoms with Crippen LogP contribution in [0, 0.1) is 5.41 Å². The van der Waals surface area contributed by atoms with Gasteiger partial charge in [-0.1, -0.05) is 30.3 Å². The summed E-state index contributed by atoms with van der Waals surface area (Å²) in [4.78, 5) is 31.2. The molecule has 1 spiro atoms. The van der Waals surface area contributed by atoms with Crippen LogP contribution in [0.3, 0.4) is 0 Å². The Labute approximate surface area is 204 Å². The van der Waals surface area contributed by atoms with Gasteiger partial charge in [-0.05, 0) is 70.3 Å². The van der Waals surface area contributed by atoms with Gasteiger partial charge in [-0.2, -0.15) is 0 Å². The first-order chi connectivity index (χ1) is 16.2. The second-order valence-electron chi connectivity index (χ2n) is 11.3. The highest BCUT2D eigenvalue weighted by Crippen LogP contribution is 2.45. The topological polar surface area (TPSA) is 62.3 Å². The molecule has 3 fully saturated rings. The molecule has 7 nitrogen and oxygen atoms in total. The molecule has 2 heterocycles. The van der Waals surface area contributed by atoms with Crippen molar-refractivity contribution in [2.45, 2.75) is 77.5 Å². The summed E-state index contributed by atoms with van der Waals surface area (Å²) < 4.78 is 11.1. The second kappa shape index (κ2) is 10.5. The summed E-state index contributed by atoms with van der Waals surface area (Å²) in [5.41, 5.74) is 0.966. The van der Waals surface area contributed by atoms with Crippen LogP contribution in [0.5, 0.6) is 0 Å². The summed E-state index contributed by atoms with van der Waals surface area (Å²) in [6, 6.07) is 10.4. The van der Waals surface area contributed by atoms with E-state index in [4.69, 9.17) is 9.47 Å². The third-order valence-corrected chi connectivity index (χ3v) is 7.79. The van der Waals surface area contributed by atoms with Crippen LogP contribution in [0.1, 0.15) is 64.9 Å². The molecule has 1 aromatic carbocycles. The van der Waals surface area contributed by atoms with Crippen molar-refractivity contribution >= 4 is 12.2 Å². The normalized spacial score (nSPS) is 22.0. The van der Waals surface area contributed by atoms with Crippen molar-refractivity contribution in [2.75, 3.05) is 39.3 Å². The number of rotatable bonds is 3. The van der Waals surface area contributed by atoms with Crippen molar-refractivity contribution in [3.05, 3.63) is 35.9 Å². The largest absolute Gasteiger partial charge is 0.445 e. The standard InChI is InChI=1S/C27H41N3O4/c1-26(2,3)34-25(32)29-15-13-27(14-16-29)11-9-23(10-12-27)28-17-19-30(20-18-28)24(31)33-21-22-7-5-4-6-8-22/h4-8,23H,9-21H2,1-3H3. The zero-order valence-electron chi connectivity index (χ0n) is 21.1. The van der Waals surface area contributed by atoms with Gasteiger partial charge in [0.25, 0.3) is 0 Å². The molecular weight excluding hydrogens is 430 g/mol. The molecule has 34 heavy (non-hydrogen) atoms. The third kappa shape index (κ3) is 6.44. The van der Waals surface area contributed by atoms with Gasteiger partial charge in [0.05, 0.1) is 0 Å². The molecule has 1 aromatic rings. The molecule has 0 N–H and O–H groups in total. The fourth-order valence-electron chi connectivity index (χ4n) is 5.65. The highest BCUT2D eigenvalue weighted by atomic mass is 16.6. The molecule has 2 amide bonds. The quantitative estimate of drug-likeness (QED) is 0.627. The summed E-state index contributed by atoms with van der Waals surface area (Å²) in [6.45, 7) is 11.0. The van der Waals surface area contributed by atoms with Crippen molar-refractivity contribution in [1.82, 2.24) is 14.7 Å². The van der Waals surface area contributed by atoms with Gasteiger partial charge in [0.15, 0.2) is 0 Å². The number of nitrogens with zero attached hydrogens (tertiary/aromatic N) is 3. The molecule has 1 saturated carbocycles. The second-order valence-corrected chi connectivity index (χ2v) is 11.3. The van der Waals surface area contributed by atoms with E-state index in [2.05, 4.69) is 4.90 Å². The Balaban J connectivity index is 1.16. The first-order valence-corrected chi connectivity index (χ1v) is 12.9. The maximum absolute atomic E-state index is 12.5. The Morgan fingerprint density at radius 2 is 1.44 bits per heavy atom. The smallest absolute Gasteiger partial charge is 0.410 e. The zero-order chi connectivity index (χ0) is 24.2. The Kier molecular flexibility index (Phi) is 7.70. The van der Waals surface area contributed by atoms with Crippen molar-refractivity contribution in [1.29, 1.82) is 0 Å². The Bertz CT molecular complexity index is 812. The monoisotopic (exact) mass is 471 g/mol. The van der Waals surface area contributed by atoms with Crippen LogP contribution in [0.2, 0.25) is 0 Å². The van der Waals surface area contributed by atoms with Gasteiger partial charge in [0.1, 0.15) is 12.2 Å². The number of hydrogen-bond donors (Lipinski definition) is 0. The molecule has 188 valence electrons. The molecule has 0 radical (unpaired) electrons. The zero-order valence-corrected chi connectivity index (χ0v) is 21.1. The first-order valence-electron chi connectivity index (χ1n) is 12.9. The Hall–Kier alpha value is -2.28. The Morgan fingerprint density at radius 1 is 0.853 bits per heavy atom. The number of carbonyl (C=O) groups is 2. The molecule has 0 unspecified atom stereocenters. The fourth-order valence-corrected chi connectivity index (χ4v) is 5.65. The van der Waals surface area contributed by atoms with Crippen LogP contribution >= 0.6 is 0 Å². The van der Waals surface area contributed by atoms with E-state index in [9.17, 15) is 9.59 Å². The number of carbonyl (C=O) groups excluding carboxylic acids is 2. The summed E-state index contributed by atoms with van der Waals surface area (Å²) >= 11 is 0. The lowest BCUT2D eigenvalue weighted by Crippen LogP contribution is -2.54. The average molecular weight is 472 g/mol. The lowest BCUT2D eigenvalue weighted by Gasteiger charge is -2.48. The van der Waals surface area contributed by atoms with Crippen molar-refractivity contribution < 1.29 is 19.1 Å². The number of benzene rings is 1. The number of hydrogen-bond acceptors (Lipinski definition) is 5. The third-order valence-electron chi connectivity index (χ3n) is 7.79. The molecule has 2 saturated heterocycles. The van der Waals surface area contributed by atoms with Gasteiger partial charge >= 0.3 is 12.2 Å². The minimum absolute atomic E-state index is 0.170. The molecular formula is C27H41N3O4. The highest BCUT2D eigenvalue weighted by Gasteiger charge is 2.41. The van der Waals surface area contributed by atoms with Gasteiger partial charge in [-0.3, -0.25) is 4.90 Å². The van der Waals surface area contributed by atoms with Gasteiger partial charge in [0, 0.05) is 45.3 Å². The predicted molar refractivity (Wildman–Crippen MR) is 132 cm³/mol. The molecule has 7 heteroatoms. The predicted octanol–water partition coefficient (Wildman–Crippen LogP) is 4.90. The average Bonchev–Trinajstić information content (AvgIpc) is 2.83. The lowest BCUT2D eigenvalue weighted by atomic mass is 9.66. The van der Waals surface area contributed by atoms with E-state index >= 15 is 0 Å². The molecule has 0 aromatic heterocycles. The minimum Gasteiger partial charge on any atom is -0.445 e. The van der Waals surface area contributed by atoms with Crippen LogP contribution in [0.4, 0.5) is 9.59 Å². The van der Waals surface area contributed by atoms with Crippen LogP contribution < -0.4 is 0 Å². The van der Waals surface area contributed by atoms with Crippen molar-refractivity contribution in [3.8, 4) is 0 Å². The molecule has 3 aliphatic rings. The van der Waals surface area contributed by atoms with Gasteiger partial charge in [-0.25, -0.2) is 9.59 Å². The fraction of sp³-hybridized carbons (Fsp3) is 0.704. The molecule has 1 aliphatic carbocycles. The summed E-state index contributed by atoms with van der Waals surface area (Å²) in [5.74, 6) is 0. The first kappa shape index (κ1) is 24.8. The molecule has 4 rings (SSSR count). The van der Waals surface area contributed by atoms with Crippen LogP contribution in [-0.4, -0.2) is 77.8 Å². The molecule has 2 aliphatic heterocycles. The maximum Gasteiger partial charge on any atom is 0.410 e. The molecule has 0 bridgehead atoms. The maximum atomic E-state index is 12.5. The van der Waals surface area contributed by atoms with E-state index in [-0.39, 0.29) is 12.2 Å². The van der Waals surface area contributed by atoms with Crippen molar-refractivity contribution in [2.24, 2.45) is 5.41 Å². The van der Waals surface area contributed by atoms with E-state index in [0.29, 0.717) is 18.1 Å². The SMILES string of the molecule is CC(C)(C)OC(=O)N1CCC2(CCC(N3CCN(C(=O)OCc4ccccc4)CC3)CC2)CC1. The number of ether oxygens (including phenoxy) is 2. The van der Waals surface area contributed by atoms with E-state index in [0.717, 1.165) is 57.7 Å². The van der Waals surface area contributed by atoms with E-state index in [1.165, 1.54) is 25.7 Å². The van der Waals surface area contributed by atoms with Gasteiger partial charge in [0.2, 0.25) is 0 Å². The van der Waals surface area contributed by atoms with E-state index < -0.39 is 5.60 Å². The number of likely N-dealkylation sites (tertiary alicyclic amines) is 1. The lowest BCUT2D eigenvalue weighted by molar-refractivity contribution is -0.00635. The van der Waals surface area contributed by atoms with Crippen LogP contribution in [0.25, 0.3) is 0 Å². The summed E-state index contributed by atoms with van der Waals surface area (Å²) in [5, 5.41) is 0. The van der Waals surface area contributed by atoms with Crippen molar-refractivity contribution in [3.63, 3.8) is 0 Å². The summed E-state index contributed by atoms with van der Waals surface area (Å²) in [6.07, 6.45) is 6.69. The van der Waals surface area contributed by atoms with Crippen LogP contribution in [0.15, 0.2) is 30.3 Å². The summed E-state index contributed by atoms with van der Waals surface area (Å²) in [7, 11) is 0. The Morgan fingerprint density at radius 3 is 2.03 bits per heavy atom. The van der Waals surface area contributed by atoms with Crippen LogP contribution in [-0.2, 0) is 16.1 Å². The van der Waals surface area contributed by atoms with Gasteiger partial charge < -0.3 is 19.3 Å². The number of amides is 2.